The van der Waals surface area contributed by atoms with E-state index >= 15 is 0 Å². The van der Waals surface area contributed by atoms with Crippen LogP contribution in [0.4, 0.5) is 0 Å². The second-order valence-corrected chi connectivity index (χ2v) is 2.51. The molecule has 16 heavy (non-hydrogen) atoms. The van der Waals surface area contributed by atoms with Crippen molar-refractivity contribution >= 4 is 64.3 Å². The molecular formula is C8H23N2NaO3S2. The Morgan fingerprint density at radius 1 is 1.12 bits per heavy atom. The number of thiocarbonyl (C=S) groups is 2. The van der Waals surface area contributed by atoms with Crippen molar-refractivity contribution in [3.05, 3.63) is 0 Å². The number of aliphatic hydroxyl groups excluding tert-OH is 2. The average molecular weight is 282 g/mol. The van der Waals surface area contributed by atoms with E-state index in [-0.39, 0.29) is 29.6 Å². The average Bonchev–Trinajstić information content (AvgIpc) is 2.07. The Bertz CT molecular complexity index is 118. The molecule has 0 radical (unpaired) electrons. The van der Waals surface area contributed by atoms with Crippen LogP contribution in [0.5, 0.6) is 0 Å². The molecule has 0 spiro atoms. The zero-order valence-electron chi connectivity index (χ0n) is 9.69. The van der Waals surface area contributed by atoms with Crippen LogP contribution >= 0.6 is 24.4 Å². The third-order valence-corrected chi connectivity index (χ3v) is 0.408. The summed E-state index contributed by atoms with van der Waals surface area (Å²) in [7, 11) is 1.71. The molecule has 8 heteroatoms. The fourth-order valence-electron chi connectivity index (χ4n) is 0.204. The molecule has 0 aromatic rings. The summed E-state index contributed by atoms with van der Waals surface area (Å²) in [6, 6.07) is 0. The molecule has 0 aliphatic rings. The summed E-state index contributed by atoms with van der Waals surface area (Å²) < 4.78 is 4.69. The predicted octanol–water partition coefficient (Wildman–Crippen LogP) is 0.997. The monoisotopic (exact) mass is 282 g/mol. The zero-order valence-corrected chi connectivity index (χ0v) is 11.3. The minimum atomic E-state index is -0.500. The molecule has 0 fully saturated rings. The van der Waals surface area contributed by atoms with Crippen molar-refractivity contribution < 1.29 is 14.9 Å². The molecule has 5 nitrogen and oxygen atoms in total. The van der Waals surface area contributed by atoms with Gasteiger partial charge in [0.2, 0.25) is 0 Å². The number of ether oxygens (including phenoxy) is 1. The molecular weight excluding hydrogens is 259 g/mol. The number of rotatable bonds is 2. The molecule has 0 rings (SSSR count). The van der Waals surface area contributed by atoms with Crippen LogP contribution in [0.25, 0.3) is 0 Å². The fourth-order valence-corrected chi connectivity index (χ4v) is 0.204. The molecule has 0 aromatic heterocycles. The van der Waals surface area contributed by atoms with E-state index in [1.54, 1.807) is 7.11 Å². The van der Waals surface area contributed by atoms with Gasteiger partial charge in [-0.2, -0.15) is 0 Å². The third kappa shape index (κ3) is 466. The molecule has 0 aliphatic heterocycles. The van der Waals surface area contributed by atoms with E-state index in [2.05, 4.69) is 42.8 Å². The van der Waals surface area contributed by atoms with E-state index in [9.17, 15) is 0 Å². The Labute approximate surface area is 131 Å². The van der Waals surface area contributed by atoms with Gasteiger partial charge in [-0.15, -0.1) is 0 Å². The quantitative estimate of drug-likeness (QED) is 0.442. The molecule has 0 unspecified atom stereocenters. The summed E-state index contributed by atoms with van der Waals surface area (Å²) in [4.78, 5) is 0. The first-order chi connectivity index (χ1) is 6.88. The Morgan fingerprint density at radius 3 is 1.31 bits per heavy atom. The van der Waals surface area contributed by atoms with Crippen LogP contribution < -0.4 is 11.5 Å². The Kier molecular flexibility index (Phi) is 67.6. The molecule has 0 atom stereocenters. The fraction of sp³-hybridized carbons (Fsp3) is 0.750. The molecule has 6 N–H and O–H groups in total. The van der Waals surface area contributed by atoms with E-state index in [0.29, 0.717) is 0 Å². The van der Waals surface area contributed by atoms with Gasteiger partial charge in [-0.25, -0.2) is 0 Å². The van der Waals surface area contributed by atoms with Crippen molar-refractivity contribution in [3.63, 3.8) is 0 Å². The molecule has 0 amide bonds. The van der Waals surface area contributed by atoms with Crippen molar-refractivity contribution in [2.45, 2.75) is 27.2 Å². The van der Waals surface area contributed by atoms with Crippen molar-refractivity contribution in [1.82, 2.24) is 0 Å². The van der Waals surface area contributed by atoms with Crippen LogP contribution in [0.2, 0.25) is 0 Å². The number of methoxy groups -OCH3 is 1. The molecule has 0 aromatic carbocycles. The zero-order chi connectivity index (χ0) is 13.3. The van der Waals surface area contributed by atoms with E-state index in [0.717, 1.165) is 13.0 Å². The third-order valence-electron chi connectivity index (χ3n) is 0.408. The van der Waals surface area contributed by atoms with E-state index in [4.69, 9.17) is 14.9 Å². The van der Waals surface area contributed by atoms with Crippen molar-refractivity contribution in [3.8, 4) is 0 Å². The van der Waals surface area contributed by atoms with Crippen LogP contribution in [0, 0.1) is 0 Å². The maximum absolute atomic E-state index is 7.56. The minimum absolute atomic E-state index is 0. The van der Waals surface area contributed by atoms with Gasteiger partial charge < -0.3 is 26.4 Å². The van der Waals surface area contributed by atoms with Gasteiger partial charge in [-0.05, 0) is 30.9 Å². The normalized spacial score (nSPS) is 6.00. The van der Waals surface area contributed by atoms with Crippen molar-refractivity contribution in [2.75, 3.05) is 13.7 Å². The molecule has 0 bridgehead atoms. The van der Waals surface area contributed by atoms with Gasteiger partial charge >= 0.3 is 29.6 Å². The van der Waals surface area contributed by atoms with E-state index in [1.165, 1.54) is 0 Å². The van der Waals surface area contributed by atoms with Crippen LogP contribution in [0.3, 0.4) is 0 Å². The summed E-state index contributed by atoms with van der Waals surface area (Å²) in [6.07, 6.45) is 1.12. The SMILES string of the molecule is CC.CCCOC.NC(O)=S.NC(O)=S.[NaH]. The van der Waals surface area contributed by atoms with Crippen LogP contribution in [0.15, 0.2) is 0 Å². The van der Waals surface area contributed by atoms with Gasteiger partial charge in [0.25, 0.3) is 10.3 Å². The first-order valence-corrected chi connectivity index (χ1v) is 5.15. The van der Waals surface area contributed by atoms with E-state index < -0.39 is 10.3 Å². The standard InChI is InChI=1S/C4H10O.C2H6.2CH3NOS.Na.H/c1-3-4-5-2;1-2;2*2-1(3)4;;/h3-4H2,1-2H3;1-2H3;2*(H3,2,3,4);;. The van der Waals surface area contributed by atoms with Crippen LogP contribution in [-0.2, 0) is 4.74 Å². The van der Waals surface area contributed by atoms with Gasteiger partial charge in [0.05, 0.1) is 0 Å². The van der Waals surface area contributed by atoms with Gasteiger partial charge in [0.1, 0.15) is 0 Å². The summed E-state index contributed by atoms with van der Waals surface area (Å²) >= 11 is 7.74. The summed E-state index contributed by atoms with van der Waals surface area (Å²) in [6.45, 7) is 6.98. The first-order valence-electron chi connectivity index (χ1n) is 4.34. The van der Waals surface area contributed by atoms with Gasteiger partial charge in [-0.3, -0.25) is 0 Å². The van der Waals surface area contributed by atoms with Gasteiger partial charge in [-0.1, -0.05) is 20.8 Å². The first kappa shape index (κ1) is 29.9. The maximum atomic E-state index is 7.56. The predicted molar refractivity (Wildman–Crippen MR) is 79.5 cm³/mol. The number of aliphatic hydroxyl groups is 2. The second-order valence-electron chi connectivity index (χ2n) is 1.67. The number of nitrogens with two attached hydrogens (primary N) is 2. The Morgan fingerprint density at radius 2 is 1.31 bits per heavy atom. The molecule has 0 saturated carbocycles. The Balaban J connectivity index is -0.0000000343. The second kappa shape index (κ2) is 36.2. The van der Waals surface area contributed by atoms with Gasteiger partial charge in [0, 0.05) is 13.7 Å². The summed E-state index contributed by atoms with van der Waals surface area (Å²) in [5.41, 5.74) is 8.80. The molecule has 96 valence electrons. The molecule has 0 saturated heterocycles. The summed E-state index contributed by atoms with van der Waals surface area (Å²) in [5, 5.41) is 14.1. The Hall–Kier alpha value is 0.340. The molecule has 0 heterocycles. The van der Waals surface area contributed by atoms with Gasteiger partial charge in [0.15, 0.2) is 0 Å². The van der Waals surface area contributed by atoms with Crippen LogP contribution in [0.1, 0.15) is 27.2 Å². The van der Waals surface area contributed by atoms with Crippen molar-refractivity contribution in [1.29, 1.82) is 0 Å². The summed E-state index contributed by atoms with van der Waals surface area (Å²) in [5.74, 6) is 0. The molecule has 0 aliphatic carbocycles. The van der Waals surface area contributed by atoms with Crippen LogP contribution in [-0.4, -0.2) is 63.8 Å². The number of hydrogen-bond acceptors (Lipinski definition) is 3. The van der Waals surface area contributed by atoms with E-state index in [1.807, 2.05) is 13.8 Å². The topological polar surface area (TPSA) is 102 Å². The van der Waals surface area contributed by atoms with Crippen molar-refractivity contribution in [2.24, 2.45) is 11.5 Å². The number of hydrogen-bond donors (Lipinski definition) is 4.